The summed E-state index contributed by atoms with van der Waals surface area (Å²) in [5, 5.41) is 0. The highest BCUT2D eigenvalue weighted by molar-refractivity contribution is 5.94. The monoisotopic (exact) mass is 338 g/mol. The molecule has 1 atom stereocenters. The number of pyridine rings is 1. The summed E-state index contributed by atoms with van der Waals surface area (Å²) in [7, 11) is 0. The van der Waals surface area contributed by atoms with Gasteiger partial charge in [0.2, 0.25) is 0 Å². The van der Waals surface area contributed by atoms with Gasteiger partial charge in [0.1, 0.15) is 5.82 Å². The van der Waals surface area contributed by atoms with Crippen LogP contribution in [0.5, 0.6) is 0 Å². The highest BCUT2D eigenvalue weighted by Gasteiger charge is 2.30. The van der Waals surface area contributed by atoms with E-state index in [0.29, 0.717) is 12.1 Å². The zero-order valence-corrected chi connectivity index (χ0v) is 14.4. The zero-order valence-electron chi connectivity index (χ0n) is 14.4. The number of amides is 1. The molecule has 6 heteroatoms. The number of fused-ring (bicyclic) bond motifs is 1. The number of piperidine rings is 1. The Morgan fingerprint density at radius 2 is 2.00 bits per heavy atom. The second kappa shape index (κ2) is 6.43. The lowest BCUT2D eigenvalue weighted by molar-refractivity contribution is 0.0704. The Kier molecular flexibility index (Phi) is 4.11. The second-order valence-electron chi connectivity index (χ2n) is 6.92. The Morgan fingerprint density at radius 3 is 2.80 bits per heavy atom. The Bertz CT molecular complexity index is 860. The van der Waals surface area contributed by atoms with E-state index in [1.807, 2.05) is 11.8 Å². The van der Waals surface area contributed by atoms with E-state index in [9.17, 15) is 9.59 Å². The lowest BCUT2D eigenvalue weighted by Crippen LogP contribution is -2.40. The first kappa shape index (κ1) is 16.0. The topological polar surface area (TPSA) is 68.1 Å². The summed E-state index contributed by atoms with van der Waals surface area (Å²) in [4.78, 5) is 35.2. The number of rotatable bonds is 2. The van der Waals surface area contributed by atoms with Gasteiger partial charge in [-0.05, 0) is 38.3 Å². The predicted octanol–water partition coefficient (Wildman–Crippen LogP) is 1.91. The number of carbonyl (C=O) groups excluding carboxylic acids is 1. The summed E-state index contributed by atoms with van der Waals surface area (Å²) >= 11 is 0. The molecule has 130 valence electrons. The second-order valence-corrected chi connectivity index (χ2v) is 6.92. The van der Waals surface area contributed by atoms with Crippen LogP contribution in [0.4, 0.5) is 0 Å². The van der Waals surface area contributed by atoms with E-state index in [1.165, 1.54) is 0 Å². The van der Waals surface area contributed by atoms with Gasteiger partial charge in [-0.3, -0.25) is 14.6 Å². The minimum absolute atomic E-state index is 0.0443. The number of hydrogen-bond donors (Lipinski definition) is 0. The third-order valence-electron chi connectivity index (χ3n) is 5.34. The van der Waals surface area contributed by atoms with Gasteiger partial charge in [-0.25, -0.2) is 0 Å². The van der Waals surface area contributed by atoms with Crippen LogP contribution < -0.4 is 5.56 Å². The Labute approximate surface area is 146 Å². The van der Waals surface area contributed by atoms with Crippen LogP contribution in [0, 0.1) is 6.92 Å². The molecule has 1 fully saturated rings. The average Bonchev–Trinajstić information content (AvgIpc) is 3.10. The number of nitrogens with zero attached hydrogens (tertiary/aromatic N) is 4. The van der Waals surface area contributed by atoms with E-state index in [1.54, 1.807) is 24.5 Å². The van der Waals surface area contributed by atoms with E-state index in [-0.39, 0.29) is 17.4 Å². The molecule has 0 aromatic carbocycles. The fraction of sp³-hybridized carbons (Fsp3) is 0.474. The summed E-state index contributed by atoms with van der Waals surface area (Å²) < 4.78 is 2.22. The van der Waals surface area contributed by atoms with E-state index in [0.717, 1.165) is 55.9 Å². The van der Waals surface area contributed by atoms with Crippen molar-refractivity contribution in [2.24, 2.45) is 0 Å². The van der Waals surface area contributed by atoms with Crippen molar-refractivity contribution >= 4 is 5.91 Å². The molecule has 2 aromatic heterocycles. The van der Waals surface area contributed by atoms with E-state index in [2.05, 4.69) is 14.5 Å². The van der Waals surface area contributed by atoms with Gasteiger partial charge in [0.25, 0.3) is 11.5 Å². The molecule has 0 saturated carbocycles. The summed E-state index contributed by atoms with van der Waals surface area (Å²) in [5.74, 6) is 1.15. The normalized spacial score (nSPS) is 19.7. The molecule has 4 rings (SSSR count). The number of hydrogen-bond acceptors (Lipinski definition) is 4. The fourth-order valence-corrected chi connectivity index (χ4v) is 4.14. The third-order valence-corrected chi connectivity index (χ3v) is 5.34. The first-order chi connectivity index (χ1) is 12.1. The predicted molar refractivity (Wildman–Crippen MR) is 93.7 cm³/mol. The summed E-state index contributed by atoms with van der Waals surface area (Å²) in [5.41, 5.74) is 2.40. The van der Waals surface area contributed by atoms with Crippen molar-refractivity contribution in [1.29, 1.82) is 0 Å². The number of likely N-dealkylation sites (tertiary alicyclic amines) is 1. The molecule has 0 bridgehead atoms. The maximum atomic E-state index is 12.8. The maximum absolute atomic E-state index is 12.8. The van der Waals surface area contributed by atoms with Gasteiger partial charge in [0.15, 0.2) is 0 Å². The third kappa shape index (κ3) is 2.86. The van der Waals surface area contributed by atoms with E-state index < -0.39 is 0 Å². The first-order valence-corrected chi connectivity index (χ1v) is 8.94. The van der Waals surface area contributed by atoms with Crippen molar-refractivity contribution < 1.29 is 4.79 Å². The Morgan fingerprint density at radius 1 is 1.20 bits per heavy atom. The van der Waals surface area contributed by atoms with Crippen LogP contribution in [0.1, 0.15) is 52.6 Å². The maximum Gasteiger partial charge on any atom is 0.276 e. The van der Waals surface area contributed by atoms with Gasteiger partial charge in [-0.15, -0.1) is 0 Å². The van der Waals surface area contributed by atoms with E-state index in [4.69, 9.17) is 0 Å². The van der Waals surface area contributed by atoms with Crippen molar-refractivity contribution in [3.05, 3.63) is 57.5 Å². The number of carbonyl (C=O) groups is 1. The molecule has 0 aliphatic carbocycles. The van der Waals surface area contributed by atoms with Gasteiger partial charge in [-0.1, -0.05) is 0 Å². The summed E-state index contributed by atoms with van der Waals surface area (Å²) in [6, 6.07) is 3.51. The van der Waals surface area contributed by atoms with Crippen LogP contribution in [0.3, 0.4) is 0 Å². The standard InChI is InChI=1S/C19H22N4O2/c1-13-17(23-11-3-5-16(23)21-18(13)24)15-4-2-10-22(12-15)19(25)14-6-8-20-9-7-14/h6-9,15H,2-5,10-12H2,1H3. The Hall–Kier alpha value is -2.50. The Balaban J connectivity index is 1.65. The van der Waals surface area contributed by atoms with Crippen molar-refractivity contribution in [3.8, 4) is 0 Å². The highest BCUT2D eigenvalue weighted by Crippen LogP contribution is 2.31. The van der Waals surface area contributed by atoms with E-state index >= 15 is 0 Å². The molecular weight excluding hydrogens is 316 g/mol. The van der Waals surface area contributed by atoms with Crippen LogP contribution in [0.25, 0.3) is 0 Å². The zero-order chi connectivity index (χ0) is 17.4. The van der Waals surface area contributed by atoms with Crippen molar-refractivity contribution in [2.45, 2.75) is 45.1 Å². The molecule has 2 aliphatic heterocycles. The quantitative estimate of drug-likeness (QED) is 0.839. The average molecular weight is 338 g/mol. The fourth-order valence-electron chi connectivity index (χ4n) is 4.14. The molecular formula is C19H22N4O2. The molecule has 2 aliphatic rings. The molecule has 1 saturated heterocycles. The molecule has 1 amide bonds. The number of aryl methyl sites for hydroxylation is 1. The van der Waals surface area contributed by atoms with Crippen molar-refractivity contribution in [2.75, 3.05) is 13.1 Å². The number of aromatic nitrogens is 3. The minimum Gasteiger partial charge on any atom is -0.338 e. The summed E-state index contributed by atoms with van der Waals surface area (Å²) in [6.07, 6.45) is 7.16. The van der Waals surface area contributed by atoms with Crippen LogP contribution in [-0.2, 0) is 13.0 Å². The highest BCUT2D eigenvalue weighted by atomic mass is 16.2. The SMILES string of the molecule is Cc1c(C2CCCN(C(=O)c3ccncc3)C2)n2c(nc1=O)CCC2. The summed E-state index contributed by atoms with van der Waals surface area (Å²) in [6.45, 7) is 4.22. The molecule has 6 nitrogen and oxygen atoms in total. The van der Waals surface area contributed by atoms with Gasteiger partial charge in [0.05, 0.1) is 0 Å². The molecule has 4 heterocycles. The van der Waals surface area contributed by atoms with Crippen LogP contribution in [-0.4, -0.2) is 38.4 Å². The largest absolute Gasteiger partial charge is 0.338 e. The van der Waals surface area contributed by atoms with Gasteiger partial charge in [0, 0.05) is 61.2 Å². The van der Waals surface area contributed by atoms with Crippen molar-refractivity contribution in [1.82, 2.24) is 19.4 Å². The molecule has 25 heavy (non-hydrogen) atoms. The molecule has 1 unspecified atom stereocenters. The first-order valence-electron chi connectivity index (χ1n) is 8.94. The lowest BCUT2D eigenvalue weighted by atomic mass is 9.91. The van der Waals surface area contributed by atoms with Crippen LogP contribution in [0.15, 0.2) is 29.3 Å². The molecule has 0 spiro atoms. The van der Waals surface area contributed by atoms with Gasteiger partial charge in [-0.2, -0.15) is 4.98 Å². The van der Waals surface area contributed by atoms with Crippen molar-refractivity contribution in [3.63, 3.8) is 0 Å². The smallest absolute Gasteiger partial charge is 0.276 e. The van der Waals surface area contributed by atoms with Gasteiger partial charge < -0.3 is 9.47 Å². The minimum atomic E-state index is -0.110. The molecule has 0 N–H and O–H groups in total. The molecule has 0 radical (unpaired) electrons. The lowest BCUT2D eigenvalue weighted by Gasteiger charge is -2.34. The van der Waals surface area contributed by atoms with Gasteiger partial charge >= 0.3 is 0 Å². The van der Waals surface area contributed by atoms with Crippen LogP contribution >= 0.6 is 0 Å². The van der Waals surface area contributed by atoms with Crippen LogP contribution in [0.2, 0.25) is 0 Å². The molecule has 2 aromatic rings.